The average Bonchev–Trinajstić information content (AvgIpc) is 2.32. The Hall–Kier alpha value is 0.310. The first kappa shape index (κ1) is 13.7. The second kappa shape index (κ2) is 7.68. The summed E-state index contributed by atoms with van der Waals surface area (Å²) in [6.07, 6.45) is 13.3. The van der Waals surface area contributed by atoms with Crippen molar-refractivity contribution in [3.8, 4) is 0 Å². The van der Waals surface area contributed by atoms with Crippen LogP contribution in [0.2, 0.25) is 0 Å². The molecule has 1 N–H and O–H groups in total. The minimum absolute atomic E-state index is 0.789. The van der Waals surface area contributed by atoms with Crippen molar-refractivity contribution in [3.05, 3.63) is 0 Å². The van der Waals surface area contributed by atoms with Gasteiger partial charge in [0.25, 0.3) is 0 Å². The van der Waals surface area contributed by atoms with Crippen molar-refractivity contribution in [3.63, 3.8) is 0 Å². The zero-order valence-corrected chi connectivity index (χ0v) is 12.2. The molecule has 0 aromatic carbocycles. The van der Waals surface area contributed by atoms with E-state index in [1.807, 2.05) is 0 Å². The minimum atomic E-state index is 0.789. The van der Waals surface area contributed by atoms with Crippen LogP contribution in [0.15, 0.2) is 0 Å². The normalized spacial score (nSPS) is 24.5. The van der Waals surface area contributed by atoms with Gasteiger partial charge in [-0.3, -0.25) is 0 Å². The van der Waals surface area contributed by atoms with Gasteiger partial charge in [0, 0.05) is 17.0 Å². The molecule has 1 atom stereocenters. The van der Waals surface area contributed by atoms with E-state index in [-0.39, 0.29) is 0 Å². The van der Waals surface area contributed by atoms with Crippen LogP contribution in [0.5, 0.6) is 0 Å². The van der Waals surface area contributed by atoms with E-state index in [1.54, 1.807) is 0 Å². The van der Waals surface area contributed by atoms with Gasteiger partial charge in [0.05, 0.1) is 0 Å². The molecule has 1 unspecified atom stereocenters. The second-order valence-electron chi connectivity index (χ2n) is 5.88. The first-order valence-corrected chi connectivity index (χ1v) is 8.78. The standard InChI is InChI=1S/C15H29NS/c1-2-16-14(11-13-7-6-8-13)12-17-15-9-4-3-5-10-15/h13-16H,2-12H2,1H3. The average molecular weight is 255 g/mol. The third kappa shape index (κ3) is 4.82. The van der Waals surface area contributed by atoms with Crippen LogP contribution in [-0.2, 0) is 0 Å². The number of nitrogens with one attached hydrogen (secondary N) is 1. The topological polar surface area (TPSA) is 12.0 Å². The van der Waals surface area contributed by atoms with Crippen LogP contribution in [-0.4, -0.2) is 23.6 Å². The van der Waals surface area contributed by atoms with Gasteiger partial charge < -0.3 is 5.32 Å². The van der Waals surface area contributed by atoms with E-state index in [9.17, 15) is 0 Å². The Labute approximate surface area is 112 Å². The first-order valence-electron chi connectivity index (χ1n) is 7.73. The molecule has 0 aromatic heterocycles. The molecule has 2 aliphatic carbocycles. The molecule has 100 valence electrons. The minimum Gasteiger partial charge on any atom is -0.313 e. The predicted octanol–water partition coefficient (Wildman–Crippen LogP) is 4.22. The van der Waals surface area contributed by atoms with E-state index in [2.05, 4.69) is 24.0 Å². The van der Waals surface area contributed by atoms with Crippen LogP contribution in [0, 0.1) is 5.92 Å². The third-order valence-corrected chi connectivity index (χ3v) is 5.96. The lowest BCUT2D eigenvalue weighted by Crippen LogP contribution is -2.35. The zero-order valence-electron chi connectivity index (χ0n) is 11.4. The maximum atomic E-state index is 3.70. The van der Waals surface area contributed by atoms with Crippen molar-refractivity contribution in [1.29, 1.82) is 0 Å². The molecule has 0 aromatic rings. The highest BCUT2D eigenvalue weighted by Crippen LogP contribution is 2.33. The molecule has 2 rings (SSSR count). The van der Waals surface area contributed by atoms with E-state index in [1.165, 1.54) is 63.5 Å². The Balaban J connectivity index is 1.64. The highest BCUT2D eigenvalue weighted by atomic mass is 32.2. The molecular weight excluding hydrogens is 226 g/mol. The van der Waals surface area contributed by atoms with Crippen molar-refractivity contribution in [2.45, 2.75) is 76.0 Å². The van der Waals surface area contributed by atoms with Gasteiger partial charge in [0.1, 0.15) is 0 Å². The van der Waals surface area contributed by atoms with Crippen LogP contribution in [0.1, 0.15) is 64.7 Å². The molecule has 0 bridgehead atoms. The van der Waals surface area contributed by atoms with Crippen LogP contribution >= 0.6 is 11.8 Å². The van der Waals surface area contributed by atoms with Gasteiger partial charge in [0.2, 0.25) is 0 Å². The molecule has 1 nitrogen and oxygen atoms in total. The van der Waals surface area contributed by atoms with Crippen molar-refractivity contribution < 1.29 is 0 Å². The van der Waals surface area contributed by atoms with Gasteiger partial charge in [-0.1, -0.05) is 45.4 Å². The maximum Gasteiger partial charge on any atom is 0.0160 e. The van der Waals surface area contributed by atoms with Gasteiger partial charge in [-0.2, -0.15) is 11.8 Å². The summed E-state index contributed by atoms with van der Waals surface area (Å²) in [4.78, 5) is 0. The molecule has 0 saturated heterocycles. The summed E-state index contributed by atoms with van der Waals surface area (Å²) in [5.41, 5.74) is 0. The van der Waals surface area contributed by atoms with E-state index < -0.39 is 0 Å². The molecule has 2 heteroatoms. The van der Waals surface area contributed by atoms with Gasteiger partial charge in [-0.05, 0) is 31.7 Å². The molecule has 0 amide bonds. The summed E-state index contributed by atoms with van der Waals surface area (Å²) in [7, 11) is 0. The molecule has 0 radical (unpaired) electrons. The summed E-state index contributed by atoms with van der Waals surface area (Å²) in [5.74, 6) is 2.40. The monoisotopic (exact) mass is 255 g/mol. The largest absolute Gasteiger partial charge is 0.313 e. The fraction of sp³-hybridized carbons (Fsp3) is 1.00. The first-order chi connectivity index (χ1) is 8.38. The number of thioether (sulfide) groups is 1. The Kier molecular flexibility index (Phi) is 6.21. The zero-order chi connectivity index (χ0) is 11.9. The van der Waals surface area contributed by atoms with E-state index in [0.717, 1.165) is 23.8 Å². The number of hydrogen-bond acceptors (Lipinski definition) is 2. The van der Waals surface area contributed by atoms with Gasteiger partial charge in [0.15, 0.2) is 0 Å². The van der Waals surface area contributed by atoms with Crippen molar-refractivity contribution in [2.75, 3.05) is 12.3 Å². The fourth-order valence-corrected chi connectivity index (χ4v) is 4.54. The molecule has 2 aliphatic rings. The van der Waals surface area contributed by atoms with E-state index in [0.29, 0.717) is 0 Å². The van der Waals surface area contributed by atoms with Crippen molar-refractivity contribution in [2.24, 2.45) is 5.92 Å². The maximum absolute atomic E-state index is 3.70. The van der Waals surface area contributed by atoms with Crippen LogP contribution in [0.3, 0.4) is 0 Å². The smallest absolute Gasteiger partial charge is 0.0160 e. The number of hydrogen-bond donors (Lipinski definition) is 1. The van der Waals surface area contributed by atoms with E-state index >= 15 is 0 Å². The summed E-state index contributed by atoms with van der Waals surface area (Å²) in [6.45, 7) is 3.39. The van der Waals surface area contributed by atoms with Crippen LogP contribution in [0.4, 0.5) is 0 Å². The Bertz CT molecular complexity index is 197. The lowest BCUT2D eigenvalue weighted by Gasteiger charge is -2.31. The molecule has 0 aliphatic heterocycles. The second-order valence-corrected chi connectivity index (χ2v) is 7.21. The molecule has 0 spiro atoms. The Morgan fingerprint density at radius 1 is 1.06 bits per heavy atom. The fourth-order valence-electron chi connectivity index (χ4n) is 3.11. The number of rotatable bonds is 7. The quantitative estimate of drug-likeness (QED) is 0.731. The summed E-state index contributed by atoms with van der Waals surface area (Å²) in [6, 6.07) is 0.789. The molecule has 0 heterocycles. The predicted molar refractivity (Wildman–Crippen MR) is 78.8 cm³/mol. The van der Waals surface area contributed by atoms with Crippen molar-refractivity contribution >= 4 is 11.8 Å². The SMILES string of the molecule is CCNC(CSC1CCCCC1)CC1CCC1. The van der Waals surface area contributed by atoms with Crippen molar-refractivity contribution in [1.82, 2.24) is 5.32 Å². The van der Waals surface area contributed by atoms with Gasteiger partial charge >= 0.3 is 0 Å². The molecule has 2 fully saturated rings. The Morgan fingerprint density at radius 3 is 2.41 bits per heavy atom. The lowest BCUT2D eigenvalue weighted by atomic mass is 9.81. The van der Waals surface area contributed by atoms with E-state index in [4.69, 9.17) is 0 Å². The third-order valence-electron chi connectivity index (χ3n) is 4.42. The Morgan fingerprint density at radius 2 is 1.82 bits per heavy atom. The molecular formula is C15H29NS. The summed E-state index contributed by atoms with van der Waals surface area (Å²) in [5, 5.41) is 4.68. The summed E-state index contributed by atoms with van der Waals surface area (Å²) < 4.78 is 0. The van der Waals surface area contributed by atoms with Crippen LogP contribution < -0.4 is 5.32 Å². The molecule has 2 saturated carbocycles. The molecule has 17 heavy (non-hydrogen) atoms. The van der Waals surface area contributed by atoms with Gasteiger partial charge in [-0.15, -0.1) is 0 Å². The van der Waals surface area contributed by atoms with Gasteiger partial charge in [-0.25, -0.2) is 0 Å². The highest BCUT2D eigenvalue weighted by molar-refractivity contribution is 7.99. The lowest BCUT2D eigenvalue weighted by molar-refractivity contribution is 0.269. The highest BCUT2D eigenvalue weighted by Gasteiger charge is 2.23. The summed E-state index contributed by atoms with van der Waals surface area (Å²) >= 11 is 2.26. The van der Waals surface area contributed by atoms with Crippen LogP contribution in [0.25, 0.3) is 0 Å².